The topological polar surface area (TPSA) is 101 Å². The van der Waals surface area contributed by atoms with Crippen LogP contribution < -0.4 is 4.72 Å². The first kappa shape index (κ1) is 16.5. The number of aryl methyl sites for hydroxylation is 2. The van der Waals surface area contributed by atoms with Gasteiger partial charge in [-0.1, -0.05) is 0 Å². The largest absolute Gasteiger partial charge is 0.481 e. The normalized spacial score (nSPS) is 12.1. The molecule has 2 N–H and O–H groups in total. The maximum atomic E-state index is 12.1. The fraction of sp³-hybridized carbons (Fsp3) is 0.600. The summed E-state index contributed by atoms with van der Waals surface area (Å²) in [5.41, 5.74) is 0.347. The Morgan fingerprint density at radius 3 is 2.55 bits per heavy atom. The number of sulfonamides is 1. The van der Waals surface area contributed by atoms with Crippen LogP contribution >= 0.6 is 0 Å². The van der Waals surface area contributed by atoms with E-state index in [-0.39, 0.29) is 29.2 Å². The number of hydrogen-bond acceptors (Lipinski definition) is 4. The van der Waals surface area contributed by atoms with Crippen molar-refractivity contribution in [3.63, 3.8) is 0 Å². The van der Waals surface area contributed by atoms with Crippen LogP contribution in [0.2, 0.25) is 0 Å². The zero-order valence-corrected chi connectivity index (χ0v) is 11.7. The Bertz CT molecular complexity index is 598. The Kier molecular flexibility index (Phi) is 5.17. The number of carbonyl (C=O) groups is 1. The van der Waals surface area contributed by atoms with Crippen LogP contribution in [0, 0.1) is 13.8 Å². The molecule has 0 atom stereocenters. The van der Waals surface area contributed by atoms with Gasteiger partial charge in [-0.2, -0.15) is 5.10 Å². The molecule has 0 aliphatic heterocycles. The van der Waals surface area contributed by atoms with Gasteiger partial charge in [0.1, 0.15) is 4.90 Å². The van der Waals surface area contributed by atoms with E-state index in [1.807, 2.05) is 0 Å². The van der Waals surface area contributed by atoms with E-state index >= 15 is 0 Å². The lowest BCUT2D eigenvalue weighted by Crippen LogP contribution is -2.29. The van der Waals surface area contributed by atoms with Gasteiger partial charge in [0.15, 0.2) is 0 Å². The summed E-state index contributed by atoms with van der Waals surface area (Å²) in [5, 5.41) is 12.5. The van der Waals surface area contributed by atoms with Gasteiger partial charge in [-0.05, 0) is 13.8 Å². The van der Waals surface area contributed by atoms with Crippen molar-refractivity contribution in [3.8, 4) is 0 Å². The number of rotatable bonds is 7. The Hall–Kier alpha value is -1.55. The summed E-state index contributed by atoms with van der Waals surface area (Å²) in [4.78, 5) is 10.3. The van der Waals surface area contributed by atoms with Crippen molar-refractivity contribution in [1.29, 1.82) is 0 Å². The molecule has 0 spiro atoms. The fourth-order valence-electron chi connectivity index (χ4n) is 1.73. The molecule has 114 valence electrons. The van der Waals surface area contributed by atoms with Crippen LogP contribution in [0.3, 0.4) is 0 Å². The van der Waals surface area contributed by atoms with Gasteiger partial charge in [0, 0.05) is 0 Å². The minimum atomic E-state index is -4.10. The molecule has 7 nitrogen and oxygen atoms in total. The summed E-state index contributed by atoms with van der Waals surface area (Å²) in [6, 6.07) is 0. The van der Waals surface area contributed by atoms with Gasteiger partial charge in [0.05, 0.1) is 30.9 Å². The van der Waals surface area contributed by atoms with Gasteiger partial charge < -0.3 is 5.11 Å². The predicted octanol–water partition coefficient (Wildman–Crippen LogP) is 0.518. The molecule has 0 amide bonds. The third-order valence-corrected chi connectivity index (χ3v) is 4.22. The smallest absolute Gasteiger partial charge is 0.305 e. The van der Waals surface area contributed by atoms with Crippen molar-refractivity contribution < 1.29 is 27.1 Å². The first-order valence-corrected chi connectivity index (χ1v) is 7.17. The molecule has 0 saturated carbocycles. The molecule has 1 aromatic heterocycles. The number of nitrogens with zero attached hydrogens (tertiary/aromatic N) is 2. The molecular weight excluding hydrogens is 296 g/mol. The van der Waals surface area contributed by atoms with Crippen molar-refractivity contribution in [2.24, 2.45) is 0 Å². The van der Waals surface area contributed by atoms with Gasteiger partial charge in [-0.25, -0.2) is 21.9 Å². The SMILES string of the molecule is Cc1nn(CCC(=O)O)c(C)c1S(=O)(=O)NCC(F)F. The number of nitrogens with one attached hydrogen (secondary N) is 1. The number of carboxylic acid groups (broad SMARTS) is 1. The zero-order chi connectivity index (χ0) is 15.5. The van der Waals surface area contributed by atoms with Crippen LogP contribution in [0.4, 0.5) is 8.78 Å². The molecule has 0 bridgehead atoms. The van der Waals surface area contributed by atoms with Crippen molar-refractivity contribution in [1.82, 2.24) is 14.5 Å². The Morgan fingerprint density at radius 2 is 2.05 bits per heavy atom. The minimum absolute atomic E-state index is 0.00632. The van der Waals surface area contributed by atoms with Gasteiger partial charge in [0.2, 0.25) is 10.0 Å². The Morgan fingerprint density at radius 1 is 1.45 bits per heavy atom. The first-order chi connectivity index (χ1) is 9.15. The molecule has 0 unspecified atom stereocenters. The summed E-state index contributed by atoms with van der Waals surface area (Å²) < 4.78 is 51.0. The monoisotopic (exact) mass is 311 g/mol. The number of carboxylic acids is 1. The molecule has 0 fully saturated rings. The van der Waals surface area contributed by atoms with E-state index in [0.29, 0.717) is 0 Å². The van der Waals surface area contributed by atoms with Crippen LogP contribution in [-0.4, -0.2) is 42.2 Å². The molecule has 1 aromatic rings. The average Bonchev–Trinajstić information content (AvgIpc) is 2.59. The van der Waals surface area contributed by atoms with E-state index in [1.54, 1.807) is 4.72 Å². The van der Waals surface area contributed by atoms with Crippen LogP contribution in [-0.2, 0) is 21.4 Å². The molecule has 0 aliphatic carbocycles. The lowest BCUT2D eigenvalue weighted by molar-refractivity contribution is -0.137. The number of hydrogen-bond donors (Lipinski definition) is 2. The summed E-state index contributed by atoms with van der Waals surface area (Å²) >= 11 is 0. The van der Waals surface area contributed by atoms with E-state index in [4.69, 9.17) is 5.11 Å². The number of aliphatic carboxylic acids is 1. The average molecular weight is 311 g/mol. The molecule has 0 radical (unpaired) electrons. The first-order valence-electron chi connectivity index (χ1n) is 5.68. The van der Waals surface area contributed by atoms with Crippen LogP contribution in [0.5, 0.6) is 0 Å². The third kappa shape index (κ3) is 3.97. The third-order valence-electron chi connectivity index (χ3n) is 2.55. The molecule has 10 heteroatoms. The lowest BCUT2D eigenvalue weighted by atomic mass is 10.4. The second kappa shape index (κ2) is 6.27. The predicted molar refractivity (Wildman–Crippen MR) is 65.1 cm³/mol. The Labute approximate surface area is 114 Å². The second-order valence-corrected chi connectivity index (χ2v) is 5.81. The van der Waals surface area contributed by atoms with Gasteiger partial charge in [-0.15, -0.1) is 0 Å². The quantitative estimate of drug-likeness (QED) is 0.764. The van der Waals surface area contributed by atoms with Crippen LogP contribution in [0.15, 0.2) is 4.90 Å². The number of aromatic nitrogens is 2. The molecule has 1 rings (SSSR count). The molecule has 0 aliphatic rings. The number of alkyl halides is 2. The van der Waals surface area contributed by atoms with E-state index in [0.717, 1.165) is 0 Å². The van der Waals surface area contributed by atoms with Crippen molar-refractivity contribution in [2.75, 3.05) is 6.54 Å². The summed E-state index contributed by atoms with van der Waals surface area (Å²) in [6.07, 6.45) is -3.02. The van der Waals surface area contributed by atoms with Crippen LogP contribution in [0.1, 0.15) is 17.8 Å². The summed E-state index contributed by atoms with van der Waals surface area (Å²) in [7, 11) is -4.10. The maximum absolute atomic E-state index is 12.1. The second-order valence-electron chi connectivity index (χ2n) is 4.11. The highest BCUT2D eigenvalue weighted by molar-refractivity contribution is 7.89. The van der Waals surface area contributed by atoms with Crippen LogP contribution in [0.25, 0.3) is 0 Å². The maximum Gasteiger partial charge on any atom is 0.305 e. The van der Waals surface area contributed by atoms with Crippen molar-refractivity contribution in [2.45, 2.75) is 38.1 Å². The van der Waals surface area contributed by atoms with Crippen molar-refractivity contribution in [3.05, 3.63) is 11.4 Å². The summed E-state index contributed by atoms with van der Waals surface area (Å²) in [6.45, 7) is 1.88. The van der Waals surface area contributed by atoms with E-state index in [9.17, 15) is 22.0 Å². The highest BCUT2D eigenvalue weighted by Crippen LogP contribution is 2.19. The molecule has 20 heavy (non-hydrogen) atoms. The van der Waals surface area contributed by atoms with Gasteiger partial charge >= 0.3 is 5.97 Å². The molecule has 1 heterocycles. The van der Waals surface area contributed by atoms with E-state index < -0.39 is 29.0 Å². The highest BCUT2D eigenvalue weighted by atomic mass is 32.2. The minimum Gasteiger partial charge on any atom is -0.481 e. The fourth-order valence-corrected chi connectivity index (χ4v) is 3.15. The van der Waals surface area contributed by atoms with E-state index in [2.05, 4.69) is 5.10 Å². The standard InChI is InChI=1S/C10H15F2N3O4S/c1-6-10(20(18,19)13-5-8(11)12)7(2)15(14-6)4-3-9(16)17/h8,13H,3-5H2,1-2H3,(H,16,17). The number of halogens is 2. The Balaban J connectivity index is 3.04. The van der Waals surface area contributed by atoms with Gasteiger partial charge in [0.25, 0.3) is 6.43 Å². The zero-order valence-electron chi connectivity index (χ0n) is 10.9. The molecular formula is C10H15F2N3O4S. The molecule has 0 saturated heterocycles. The lowest BCUT2D eigenvalue weighted by Gasteiger charge is -2.07. The van der Waals surface area contributed by atoms with Crippen molar-refractivity contribution >= 4 is 16.0 Å². The molecule has 0 aromatic carbocycles. The van der Waals surface area contributed by atoms with Gasteiger partial charge in [-0.3, -0.25) is 9.48 Å². The highest BCUT2D eigenvalue weighted by Gasteiger charge is 2.25. The van der Waals surface area contributed by atoms with E-state index in [1.165, 1.54) is 18.5 Å². The summed E-state index contributed by atoms with van der Waals surface area (Å²) in [5.74, 6) is -1.04.